The fourth-order valence-electron chi connectivity index (χ4n) is 2.21. The van der Waals surface area contributed by atoms with E-state index in [1.807, 2.05) is 6.07 Å². The second-order valence-corrected chi connectivity index (χ2v) is 6.41. The van der Waals surface area contributed by atoms with Crippen LogP contribution in [-0.4, -0.2) is 17.6 Å². The predicted octanol–water partition coefficient (Wildman–Crippen LogP) is 4.83. The molecule has 0 aliphatic heterocycles. The number of nitrogens with one attached hydrogen (secondary N) is 1. The van der Waals surface area contributed by atoms with E-state index in [-0.39, 0.29) is 18.4 Å². The van der Waals surface area contributed by atoms with Gasteiger partial charge in [-0.3, -0.25) is 4.79 Å². The number of aliphatic hydroxyl groups excluding tert-OH is 1. The van der Waals surface area contributed by atoms with Crippen molar-refractivity contribution in [3.8, 4) is 0 Å². The van der Waals surface area contributed by atoms with Gasteiger partial charge in [-0.15, -0.1) is 0 Å². The van der Waals surface area contributed by atoms with Crippen molar-refractivity contribution in [3.05, 3.63) is 63.1 Å². The number of hydrogen-bond acceptors (Lipinski definition) is 2. The predicted molar refractivity (Wildman–Crippen MR) is 95.4 cm³/mol. The number of anilines is 1. The quantitative estimate of drug-likeness (QED) is 0.763. The standard InChI is InChI=1S/C17H16Cl3NO2/c18-13-2-4-14(5-3-13)21-17(23)12(7-8-22)9-11-1-6-15(19)16(20)10-11/h1-6,10,12,22H,7-9H2,(H,21,23). The summed E-state index contributed by atoms with van der Waals surface area (Å²) in [7, 11) is 0. The molecular formula is C17H16Cl3NO2. The Bertz CT molecular complexity index is 674. The number of benzene rings is 2. The molecule has 6 heteroatoms. The molecule has 0 bridgehead atoms. The van der Waals surface area contributed by atoms with Crippen molar-refractivity contribution in [1.82, 2.24) is 0 Å². The Balaban J connectivity index is 2.08. The second-order valence-electron chi connectivity index (χ2n) is 5.16. The van der Waals surface area contributed by atoms with Crippen LogP contribution in [0.3, 0.4) is 0 Å². The largest absolute Gasteiger partial charge is 0.396 e. The summed E-state index contributed by atoms with van der Waals surface area (Å²) in [6.07, 6.45) is 0.830. The normalized spacial score (nSPS) is 12.0. The highest BCUT2D eigenvalue weighted by Crippen LogP contribution is 2.25. The van der Waals surface area contributed by atoms with Crippen LogP contribution in [0.5, 0.6) is 0 Å². The maximum Gasteiger partial charge on any atom is 0.227 e. The molecule has 0 aliphatic carbocycles. The summed E-state index contributed by atoms with van der Waals surface area (Å²) in [5.41, 5.74) is 1.56. The van der Waals surface area contributed by atoms with Crippen LogP contribution in [0.15, 0.2) is 42.5 Å². The van der Waals surface area contributed by atoms with E-state index in [1.165, 1.54) is 0 Å². The van der Waals surface area contributed by atoms with Gasteiger partial charge in [0.25, 0.3) is 0 Å². The van der Waals surface area contributed by atoms with Gasteiger partial charge in [0.05, 0.1) is 10.0 Å². The van der Waals surface area contributed by atoms with Crippen molar-refractivity contribution in [2.24, 2.45) is 5.92 Å². The number of halogens is 3. The van der Waals surface area contributed by atoms with Crippen LogP contribution < -0.4 is 5.32 Å². The Kier molecular flexibility index (Phi) is 6.72. The molecule has 0 saturated heterocycles. The first-order valence-corrected chi connectivity index (χ1v) is 8.24. The maximum absolute atomic E-state index is 12.4. The molecular weight excluding hydrogens is 357 g/mol. The van der Waals surface area contributed by atoms with Crippen LogP contribution in [0.25, 0.3) is 0 Å². The minimum atomic E-state index is -0.368. The van der Waals surface area contributed by atoms with Gasteiger partial charge in [0.2, 0.25) is 5.91 Å². The van der Waals surface area contributed by atoms with Gasteiger partial charge in [-0.2, -0.15) is 0 Å². The van der Waals surface area contributed by atoms with Crippen LogP contribution in [0.1, 0.15) is 12.0 Å². The van der Waals surface area contributed by atoms with Gasteiger partial charge < -0.3 is 10.4 Å². The Hall–Kier alpha value is -1.26. The lowest BCUT2D eigenvalue weighted by atomic mass is 9.95. The third-order valence-electron chi connectivity index (χ3n) is 3.43. The van der Waals surface area contributed by atoms with E-state index in [1.54, 1.807) is 36.4 Å². The highest BCUT2D eigenvalue weighted by molar-refractivity contribution is 6.42. The van der Waals surface area contributed by atoms with Gasteiger partial charge in [-0.1, -0.05) is 40.9 Å². The molecule has 0 aromatic heterocycles. The number of rotatable bonds is 6. The molecule has 0 radical (unpaired) electrons. The average molecular weight is 373 g/mol. The highest BCUT2D eigenvalue weighted by Gasteiger charge is 2.19. The van der Waals surface area contributed by atoms with Crippen molar-refractivity contribution >= 4 is 46.4 Å². The molecule has 2 N–H and O–H groups in total. The van der Waals surface area contributed by atoms with E-state index in [2.05, 4.69) is 5.32 Å². The van der Waals surface area contributed by atoms with Crippen LogP contribution in [-0.2, 0) is 11.2 Å². The zero-order chi connectivity index (χ0) is 16.8. The molecule has 122 valence electrons. The van der Waals surface area contributed by atoms with E-state index in [0.717, 1.165) is 5.56 Å². The van der Waals surface area contributed by atoms with Crippen molar-refractivity contribution < 1.29 is 9.90 Å². The van der Waals surface area contributed by atoms with E-state index >= 15 is 0 Å². The molecule has 0 aliphatic rings. The number of amides is 1. The summed E-state index contributed by atoms with van der Waals surface area (Å²) in [5, 5.41) is 13.6. The molecule has 1 unspecified atom stereocenters. The van der Waals surface area contributed by atoms with E-state index < -0.39 is 0 Å². The third-order valence-corrected chi connectivity index (χ3v) is 4.42. The fourth-order valence-corrected chi connectivity index (χ4v) is 2.66. The number of carbonyl (C=O) groups is 1. The summed E-state index contributed by atoms with van der Waals surface area (Å²) in [6.45, 7) is -0.0694. The number of hydrogen-bond donors (Lipinski definition) is 2. The SMILES string of the molecule is O=C(Nc1ccc(Cl)cc1)C(CCO)Cc1ccc(Cl)c(Cl)c1. The van der Waals surface area contributed by atoms with Crippen LogP contribution >= 0.6 is 34.8 Å². The summed E-state index contributed by atoms with van der Waals surface area (Å²) in [4.78, 5) is 12.4. The van der Waals surface area contributed by atoms with E-state index in [0.29, 0.717) is 33.6 Å². The third kappa shape index (κ3) is 5.40. The number of aliphatic hydroxyl groups is 1. The van der Waals surface area contributed by atoms with Gasteiger partial charge in [-0.05, 0) is 54.8 Å². The van der Waals surface area contributed by atoms with Crippen molar-refractivity contribution in [1.29, 1.82) is 0 Å². The Morgan fingerprint density at radius 2 is 1.74 bits per heavy atom. The van der Waals surface area contributed by atoms with Crippen LogP contribution in [0.2, 0.25) is 15.1 Å². The summed E-state index contributed by atoms with van der Waals surface area (Å²) in [5.74, 6) is -0.527. The van der Waals surface area contributed by atoms with Gasteiger partial charge >= 0.3 is 0 Å². The van der Waals surface area contributed by atoms with Gasteiger partial charge in [0.15, 0.2) is 0 Å². The molecule has 2 aromatic carbocycles. The molecule has 1 amide bonds. The smallest absolute Gasteiger partial charge is 0.227 e. The molecule has 3 nitrogen and oxygen atoms in total. The zero-order valence-corrected chi connectivity index (χ0v) is 14.5. The van der Waals surface area contributed by atoms with Crippen molar-refractivity contribution in [2.75, 3.05) is 11.9 Å². The Morgan fingerprint density at radius 3 is 2.35 bits per heavy atom. The summed E-state index contributed by atoms with van der Waals surface area (Å²) in [6, 6.07) is 12.1. The molecule has 0 heterocycles. The van der Waals surface area contributed by atoms with Crippen LogP contribution in [0, 0.1) is 5.92 Å². The van der Waals surface area contributed by atoms with Gasteiger partial charge in [0, 0.05) is 23.2 Å². The maximum atomic E-state index is 12.4. The van der Waals surface area contributed by atoms with E-state index in [4.69, 9.17) is 34.8 Å². The topological polar surface area (TPSA) is 49.3 Å². The first kappa shape index (κ1) is 18.1. The average Bonchev–Trinajstić information content (AvgIpc) is 2.52. The molecule has 2 aromatic rings. The monoisotopic (exact) mass is 371 g/mol. The summed E-state index contributed by atoms with van der Waals surface area (Å²) < 4.78 is 0. The lowest BCUT2D eigenvalue weighted by Gasteiger charge is -2.16. The molecule has 1 atom stereocenters. The highest BCUT2D eigenvalue weighted by atomic mass is 35.5. The lowest BCUT2D eigenvalue weighted by molar-refractivity contribution is -0.120. The Morgan fingerprint density at radius 1 is 1.04 bits per heavy atom. The van der Waals surface area contributed by atoms with Gasteiger partial charge in [-0.25, -0.2) is 0 Å². The first-order valence-electron chi connectivity index (χ1n) is 7.11. The fraction of sp³-hybridized carbons (Fsp3) is 0.235. The van der Waals surface area contributed by atoms with E-state index in [9.17, 15) is 9.90 Å². The number of carbonyl (C=O) groups excluding carboxylic acids is 1. The minimum absolute atomic E-state index is 0.0694. The van der Waals surface area contributed by atoms with Gasteiger partial charge in [0.1, 0.15) is 0 Å². The molecule has 0 saturated carbocycles. The molecule has 0 spiro atoms. The molecule has 2 rings (SSSR count). The zero-order valence-electron chi connectivity index (χ0n) is 12.2. The van der Waals surface area contributed by atoms with Crippen LogP contribution in [0.4, 0.5) is 5.69 Å². The second kappa shape index (κ2) is 8.55. The summed E-state index contributed by atoms with van der Waals surface area (Å²) >= 11 is 17.7. The molecule has 23 heavy (non-hydrogen) atoms. The minimum Gasteiger partial charge on any atom is -0.396 e. The van der Waals surface area contributed by atoms with Crippen molar-refractivity contribution in [2.45, 2.75) is 12.8 Å². The van der Waals surface area contributed by atoms with Crippen molar-refractivity contribution in [3.63, 3.8) is 0 Å². The lowest BCUT2D eigenvalue weighted by Crippen LogP contribution is -2.25. The Labute approximate surface area is 150 Å². The first-order chi connectivity index (χ1) is 11.0. The molecule has 0 fully saturated rings.